The van der Waals surface area contributed by atoms with Crippen molar-refractivity contribution >= 4 is 32.7 Å². The first-order chi connectivity index (χ1) is 11.9. The molecule has 0 aliphatic heterocycles. The molecule has 6 nitrogen and oxygen atoms in total. The first-order valence-electron chi connectivity index (χ1n) is 8.04. The van der Waals surface area contributed by atoms with E-state index in [1.54, 1.807) is 11.6 Å². The van der Waals surface area contributed by atoms with Gasteiger partial charge in [0.15, 0.2) is 10.8 Å². The molecule has 0 radical (unpaired) electrons. The van der Waals surface area contributed by atoms with Gasteiger partial charge in [-0.1, -0.05) is 11.3 Å². The molecule has 25 heavy (non-hydrogen) atoms. The second kappa shape index (κ2) is 6.79. The topological polar surface area (TPSA) is 71.2 Å². The van der Waals surface area contributed by atoms with Gasteiger partial charge in [0.05, 0.1) is 16.8 Å². The van der Waals surface area contributed by atoms with Crippen LogP contribution < -0.4 is 4.90 Å². The molecule has 2 heterocycles. The smallest absolute Gasteiger partial charge is 0.356 e. The van der Waals surface area contributed by atoms with Crippen LogP contribution >= 0.6 is 11.3 Å². The van der Waals surface area contributed by atoms with Crippen LogP contribution in [0, 0.1) is 12.7 Å². The number of nitrogens with zero attached hydrogens (tertiary/aromatic N) is 4. The third kappa shape index (κ3) is 3.34. The number of benzene rings is 1. The van der Waals surface area contributed by atoms with Crippen molar-refractivity contribution in [3.05, 3.63) is 41.0 Å². The van der Waals surface area contributed by atoms with E-state index in [1.807, 2.05) is 0 Å². The van der Waals surface area contributed by atoms with Crippen LogP contribution in [0.1, 0.15) is 35.6 Å². The summed E-state index contributed by atoms with van der Waals surface area (Å²) in [7, 11) is 0. The van der Waals surface area contributed by atoms with E-state index < -0.39 is 5.97 Å². The third-order valence-electron chi connectivity index (χ3n) is 4.08. The molecule has 0 bridgehead atoms. The van der Waals surface area contributed by atoms with Crippen molar-refractivity contribution in [2.75, 3.05) is 18.0 Å². The Morgan fingerprint density at radius 1 is 1.32 bits per heavy atom. The van der Waals surface area contributed by atoms with Gasteiger partial charge in [0.2, 0.25) is 0 Å². The third-order valence-corrected chi connectivity index (χ3v) is 5.14. The van der Waals surface area contributed by atoms with Gasteiger partial charge in [-0.15, -0.1) is 0 Å². The number of aromatic carboxylic acids is 1. The van der Waals surface area contributed by atoms with Crippen LogP contribution in [0.15, 0.2) is 18.2 Å². The molecule has 0 saturated heterocycles. The summed E-state index contributed by atoms with van der Waals surface area (Å²) in [5.41, 5.74) is 2.11. The first kappa shape index (κ1) is 17.3. The molecule has 8 heteroatoms. The highest BCUT2D eigenvalue weighted by Gasteiger charge is 2.16. The molecule has 0 saturated carbocycles. The minimum atomic E-state index is -1.08. The van der Waals surface area contributed by atoms with Gasteiger partial charge in [-0.05, 0) is 39.0 Å². The fourth-order valence-electron chi connectivity index (χ4n) is 2.74. The number of fused-ring (bicyclic) bond motifs is 1. The molecule has 0 amide bonds. The van der Waals surface area contributed by atoms with Gasteiger partial charge in [0, 0.05) is 24.3 Å². The highest BCUT2D eigenvalue weighted by Crippen LogP contribution is 2.32. The monoisotopic (exact) mass is 362 g/mol. The molecule has 2 aromatic heterocycles. The molecule has 1 aromatic carbocycles. The minimum Gasteiger partial charge on any atom is -0.476 e. The van der Waals surface area contributed by atoms with Gasteiger partial charge in [0.25, 0.3) is 0 Å². The Bertz CT molecular complexity index is 930. The Kier molecular flexibility index (Phi) is 4.71. The van der Waals surface area contributed by atoms with Gasteiger partial charge in [-0.25, -0.2) is 14.2 Å². The molecule has 1 N–H and O–H groups in total. The predicted octanol–water partition coefficient (Wildman–Crippen LogP) is 3.53. The zero-order valence-electron chi connectivity index (χ0n) is 14.3. The van der Waals surface area contributed by atoms with E-state index in [1.165, 1.54) is 29.5 Å². The lowest BCUT2D eigenvalue weighted by Gasteiger charge is -2.16. The SMILES string of the molecule is CCN(CC)c1nc2c(Cn3nc(C(=O)O)cc3C)cc(F)cc2s1. The van der Waals surface area contributed by atoms with Crippen molar-refractivity contribution in [3.63, 3.8) is 0 Å². The summed E-state index contributed by atoms with van der Waals surface area (Å²) < 4.78 is 16.4. The van der Waals surface area contributed by atoms with E-state index in [0.29, 0.717) is 11.3 Å². The van der Waals surface area contributed by atoms with E-state index in [0.717, 1.165) is 28.4 Å². The second-order valence-corrected chi connectivity index (χ2v) is 6.72. The Hall–Kier alpha value is -2.48. The van der Waals surface area contributed by atoms with Crippen molar-refractivity contribution in [2.45, 2.75) is 27.3 Å². The van der Waals surface area contributed by atoms with Gasteiger partial charge >= 0.3 is 5.97 Å². The average molecular weight is 362 g/mol. The summed E-state index contributed by atoms with van der Waals surface area (Å²) in [4.78, 5) is 17.9. The maximum Gasteiger partial charge on any atom is 0.356 e. The number of carboxylic acids is 1. The van der Waals surface area contributed by atoms with Crippen LogP contribution in [0.4, 0.5) is 9.52 Å². The highest BCUT2D eigenvalue weighted by atomic mass is 32.1. The molecule has 3 rings (SSSR count). The second-order valence-electron chi connectivity index (χ2n) is 5.71. The number of aryl methyl sites for hydroxylation is 1. The van der Waals surface area contributed by atoms with Crippen molar-refractivity contribution in [1.82, 2.24) is 14.8 Å². The Labute approximate surface area is 148 Å². The molecule has 0 atom stereocenters. The number of carbonyl (C=O) groups is 1. The molecule has 132 valence electrons. The number of anilines is 1. The number of halogens is 1. The van der Waals surface area contributed by atoms with Crippen LogP contribution in [-0.4, -0.2) is 38.9 Å². The van der Waals surface area contributed by atoms with Crippen LogP contribution in [0.2, 0.25) is 0 Å². The van der Waals surface area contributed by atoms with Gasteiger partial charge < -0.3 is 10.0 Å². The van der Waals surface area contributed by atoms with Crippen molar-refractivity contribution < 1.29 is 14.3 Å². The summed E-state index contributed by atoms with van der Waals surface area (Å²) in [6.45, 7) is 7.81. The van der Waals surface area contributed by atoms with Gasteiger partial charge in [-0.3, -0.25) is 4.68 Å². The maximum absolute atomic E-state index is 14.0. The standard InChI is InChI=1S/C17H19FN4O2S/c1-4-21(5-2)17-19-15-11(7-12(18)8-14(15)25-17)9-22-10(3)6-13(20-22)16(23)24/h6-8H,4-5,9H2,1-3H3,(H,23,24). The fourth-order valence-corrected chi connectivity index (χ4v) is 3.90. The summed E-state index contributed by atoms with van der Waals surface area (Å²) in [6, 6.07) is 4.43. The van der Waals surface area contributed by atoms with Crippen molar-refractivity contribution in [1.29, 1.82) is 0 Å². The fraction of sp³-hybridized carbons (Fsp3) is 0.353. The summed E-state index contributed by atoms with van der Waals surface area (Å²) in [5.74, 6) is -1.41. The Balaban J connectivity index is 2.05. The lowest BCUT2D eigenvalue weighted by Crippen LogP contribution is -2.21. The zero-order valence-corrected chi connectivity index (χ0v) is 15.1. The quantitative estimate of drug-likeness (QED) is 0.726. The lowest BCUT2D eigenvalue weighted by molar-refractivity contribution is 0.0689. The molecular formula is C17H19FN4O2S. The number of aromatic nitrogens is 3. The van der Waals surface area contributed by atoms with Crippen LogP contribution in [0.5, 0.6) is 0 Å². The lowest BCUT2D eigenvalue weighted by atomic mass is 10.2. The number of thiazole rings is 1. The molecule has 0 fully saturated rings. The van der Waals surface area contributed by atoms with Crippen LogP contribution in [0.25, 0.3) is 10.2 Å². The molecule has 3 aromatic rings. The zero-order chi connectivity index (χ0) is 18.1. The largest absolute Gasteiger partial charge is 0.476 e. The van der Waals surface area contributed by atoms with E-state index in [9.17, 15) is 9.18 Å². The van der Waals surface area contributed by atoms with E-state index >= 15 is 0 Å². The average Bonchev–Trinajstić information content (AvgIpc) is 3.13. The molecule has 0 aliphatic carbocycles. The van der Waals surface area contributed by atoms with Crippen molar-refractivity contribution in [2.24, 2.45) is 0 Å². The molecule has 0 unspecified atom stereocenters. The predicted molar refractivity (Wildman–Crippen MR) is 96.2 cm³/mol. The summed E-state index contributed by atoms with van der Waals surface area (Å²) in [6.07, 6.45) is 0. The number of carboxylic acid groups (broad SMARTS) is 1. The van der Waals surface area contributed by atoms with E-state index in [4.69, 9.17) is 5.11 Å². The van der Waals surface area contributed by atoms with Crippen LogP contribution in [-0.2, 0) is 6.54 Å². The highest BCUT2D eigenvalue weighted by molar-refractivity contribution is 7.22. The summed E-state index contributed by atoms with van der Waals surface area (Å²) >= 11 is 1.46. The van der Waals surface area contributed by atoms with Crippen molar-refractivity contribution in [3.8, 4) is 0 Å². The van der Waals surface area contributed by atoms with Crippen LogP contribution in [0.3, 0.4) is 0 Å². The normalized spacial score (nSPS) is 11.2. The van der Waals surface area contributed by atoms with Gasteiger partial charge in [0.1, 0.15) is 5.82 Å². The van der Waals surface area contributed by atoms with Gasteiger partial charge in [-0.2, -0.15) is 5.10 Å². The molecule has 0 aliphatic rings. The first-order valence-corrected chi connectivity index (χ1v) is 8.86. The number of hydrogen-bond acceptors (Lipinski definition) is 5. The number of hydrogen-bond donors (Lipinski definition) is 1. The summed E-state index contributed by atoms with van der Waals surface area (Å²) in [5, 5.41) is 14.0. The van der Waals surface area contributed by atoms with E-state index in [-0.39, 0.29) is 18.1 Å². The molecule has 0 spiro atoms. The minimum absolute atomic E-state index is 0.0211. The maximum atomic E-state index is 14.0. The Morgan fingerprint density at radius 3 is 2.64 bits per heavy atom. The number of rotatable bonds is 6. The van der Waals surface area contributed by atoms with E-state index in [2.05, 4.69) is 28.8 Å². The Morgan fingerprint density at radius 2 is 2.04 bits per heavy atom. The molecular weight excluding hydrogens is 343 g/mol.